The maximum absolute atomic E-state index is 14.4. The summed E-state index contributed by atoms with van der Waals surface area (Å²) in [5, 5.41) is 75.4. The number of phenolic OH excluding ortho intramolecular Hbond substituents is 3. The highest BCUT2D eigenvalue weighted by atomic mass is 16.7. The number of allylic oxidation sites excluding steroid dienone is 2. The van der Waals surface area contributed by atoms with Crippen LogP contribution in [-0.4, -0.2) is 135 Å². The van der Waals surface area contributed by atoms with Crippen molar-refractivity contribution in [1.82, 2.24) is 9.91 Å². The van der Waals surface area contributed by atoms with Gasteiger partial charge in [-0.1, -0.05) is 50.8 Å². The summed E-state index contributed by atoms with van der Waals surface area (Å²) in [5.74, 6) is -9.04. The fraction of sp³-hybridized carbons (Fsp3) is 0.535. The monoisotopic (exact) mass is 838 g/mol. The summed E-state index contributed by atoms with van der Waals surface area (Å²) in [5.41, 5.74) is -0.917. The number of ketones is 1. The average molecular weight is 839 g/mol. The van der Waals surface area contributed by atoms with Crippen LogP contribution in [0.1, 0.15) is 70.0 Å². The summed E-state index contributed by atoms with van der Waals surface area (Å²) >= 11 is 0. The maximum atomic E-state index is 14.4. The molecule has 1 fully saturated rings. The van der Waals surface area contributed by atoms with Crippen LogP contribution in [-0.2, 0) is 23.8 Å². The van der Waals surface area contributed by atoms with Crippen molar-refractivity contribution in [2.24, 2.45) is 23.7 Å². The Morgan fingerprint density at radius 1 is 0.967 bits per heavy atom. The number of Topliss-reactive ketones (excluding diaryl/α,β-unsaturated/α-hetero) is 1. The Kier molecular flexibility index (Phi) is 13.8. The number of likely N-dealkylation sites (N-methyl/N-ethyl adjacent to an activating group) is 1. The first-order chi connectivity index (χ1) is 28.1. The maximum Gasteiger partial charge on any atom is 0.312 e. The predicted octanol–water partition coefficient (Wildman–Crippen LogP) is 3.85. The number of nitrogens with zero attached hydrogens (tertiary/aromatic N) is 3. The molecule has 9 unspecified atom stereocenters. The van der Waals surface area contributed by atoms with Crippen LogP contribution < -0.4 is 10.1 Å². The lowest BCUT2D eigenvalue weighted by Gasteiger charge is -2.38. The Hall–Kier alpha value is -5.36. The van der Waals surface area contributed by atoms with Crippen LogP contribution in [0.2, 0.25) is 0 Å². The third kappa shape index (κ3) is 8.75. The molecule has 2 aromatic rings. The lowest BCUT2D eigenvalue weighted by Crippen LogP contribution is -2.47. The number of amides is 1. The predicted molar refractivity (Wildman–Crippen MR) is 222 cm³/mol. The molecule has 9 atom stereocenters. The Morgan fingerprint density at radius 2 is 1.62 bits per heavy atom. The lowest BCUT2D eigenvalue weighted by atomic mass is 9.78. The first-order valence-corrected chi connectivity index (χ1v) is 20.0. The number of piperazine rings is 1. The standard InChI is InChI=1S/C43H58N4O13/c1-21-12-11-13-22(2)42(55)44-33-28(20-47(56)46-17-15-45(9)16-18-46)37(52)30-31(38(33)53)36(51)26(6)40-32(30)41(54)43(8,60-40)58-19-14-29(57-10)23(3)39(59-27(7)48)25(5)35(50)24(4)34(21)49/h11-14,19-21,23-25,29,34-35,39,49-53H,15-18H2,1-10H3,(H,44,55). The second-order valence-electron chi connectivity index (χ2n) is 16.3. The summed E-state index contributed by atoms with van der Waals surface area (Å²) < 4.78 is 23.5. The van der Waals surface area contributed by atoms with Crippen LogP contribution >= 0.6 is 0 Å². The van der Waals surface area contributed by atoms with Crippen LogP contribution in [0, 0.1) is 35.8 Å². The highest BCUT2D eigenvalue weighted by Crippen LogP contribution is 2.55. The number of fused-ring (bicyclic) bond motifs is 14. The zero-order valence-electron chi connectivity index (χ0n) is 35.8. The molecule has 0 aromatic heterocycles. The van der Waals surface area contributed by atoms with E-state index in [1.54, 1.807) is 39.8 Å². The van der Waals surface area contributed by atoms with E-state index in [1.807, 2.05) is 11.9 Å². The molecule has 4 heterocycles. The lowest BCUT2D eigenvalue weighted by molar-refractivity contribution is -0.636. The zero-order valence-corrected chi connectivity index (χ0v) is 35.8. The number of aliphatic hydroxyl groups excluding tert-OH is 2. The molecule has 0 radical (unpaired) electrons. The minimum Gasteiger partial charge on any atom is -0.596 e. The van der Waals surface area contributed by atoms with Crippen LogP contribution in [0.4, 0.5) is 5.69 Å². The van der Waals surface area contributed by atoms with Crippen molar-refractivity contribution in [2.45, 2.75) is 85.6 Å². The van der Waals surface area contributed by atoms with Crippen molar-refractivity contribution in [2.75, 3.05) is 45.7 Å². The molecule has 60 heavy (non-hydrogen) atoms. The summed E-state index contributed by atoms with van der Waals surface area (Å²) in [4.78, 5) is 43.1. The van der Waals surface area contributed by atoms with Gasteiger partial charge in [-0.15, -0.1) is 0 Å². The molecule has 17 nitrogen and oxygen atoms in total. The van der Waals surface area contributed by atoms with Crippen molar-refractivity contribution in [3.05, 3.63) is 58.0 Å². The number of hydrogen-bond donors (Lipinski definition) is 6. The number of phenols is 3. The topological polar surface area (TPSA) is 234 Å². The summed E-state index contributed by atoms with van der Waals surface area (Å²) in [7, 11) is 3.33. The van der Waals surface area contributed by atoms with E-state index in [4.69, 9.17) is 18.9 Å². The molecule has 17 heteroatoms. The number of hydrazine groups is 1. The number of hydrogen-bond acceptors (Lipinski definition) is 15. The van der Waals surface area contributed by atoms with E-state index in [0.717, 1.165) is 6.21 Å². The number of esters is 1. The number of methoxy groups -OCH3 is 1. The molecule has 2 aromatic carbocycles. The van der Waals surface area contributed by atoms with Crippen molar-refractivity contribution < 1.29 is 63.7 Å². The van der Waals surface area contributed by atoms with Gasteiger partial charge >= 0.3 is 11.8 Å². The number of aromatic hydroxyl groups is 3. The number of aliphatic hydroxyl groups is 2. The van der Waals surface area contributed by atoms with Gasteiger partial charge in [0.05, 0.1) is 48.6 Å². The molecule has 6 rings (SSSR count). The van der Waals surface area contributed by atoms with Crippen molar-refractivity contribution in [3.8, 4) is 23.0 Å². The van der Waals surface area contributed by atoms with Crippen molar-refractivity contribution in [3.63, 3.8) is 0 Å². The van der Waals surface area contributed by atoms with Gasteiger partial charge in [0.1, 0.15) is 34.6 Å². The summed E-state index contributed by atoms with van der Waals surface area (Å²) in [6.45, 7) is 14.1. The van der Waals surface area contributed by atoms with E-state index in [1.165, 1.54) is 58.2 Å². The van der Waals surface area contributed by atoms with Gasteiger partial charge < -0.3 is 59.9 Å². The Morgan fingerprint density at radius 3 is 2.23 bits per heavy atom. The molecular formula is C43H58N4O13. The quantitative estimate of drug-likeness (QED) is 0.0488. The molecule has 6 N–H and O–H groups in total. The molecular weight excluding hydrogens is 780 g/mol. The van der Waals surface area contributed by atoms with Gasteiger partial charge in [-0.05, 0) is 27.0 Å². The van der Waals surface area contributed by atoms with Crippen LogP contribution in [0.3, 0.4) is 0 Å². The summed E-state index contributed by atoms with van der Waals surface area (Å²) in [6, 6.07) is 0. The number of anilines is 1. The Balaban J connectivity index is 1.73. The van der Waals surface area contributed by atoms with Crippen LogP contribution in [0.25, 0.3) is 10.8 Å². The number of carbonyl (C=O) groups excluding carboxylic acids is 3. The SMILES string of the molecule is COC1C=COC2(C)Oc3c(C)c(O)c4c(O)c(c(C=[N+]([O-])N5CCN(C)CC5)c(O)c4c3C2=O)NC(=O)C(C)=CC=CC(C)C(O)C(C)C(O)C(C)C(OC(C)=O)C1C. The number of benzene rings is 2. The minimum absolute atomic E-state index is 0.00572. The van der Waals surface area contributed by atoms with Gasteiger partial charge in [0, 0.05) is 74.2 Å². The van der Waals surface area contributed by atoms with Crippen molar-refractivity contribution in [1.29, 1.82) is 0 Å². The highest BCUT2D eigenvalue weighted by Gasteiger charge is 2.50. The first-order valence-electron chi connectivity index (χ1n) is 20.0. The molecule has 4 aliphatic rings. The normalized spacial score (nSPS) is 30.0. The van der Waals surface area contributed by atoms with Gasteiger partial charge in [-0.3, -0.25) is 14.4 Å². The number of nitrogens with one attached hydrogen (secondary N) is 1. The second-order valence-corrected chi connectivity index (χ2v) is 16.3. The van der Waals surface area contributed by atoms with E-state index in [9.17, 15) is 45.1 Å². The highest BCUT2D eigenvalue weighted by molar-refractivity contribution is 6.23. The number of ether oxygens (including phenoxy) is 4. The number of rotatable bonds is 4. The average Bonchev–Trinajstić information content (AvgIpc) is 3.47. The Bertz CT molecular complexity index is 2120. The molecule has 1 amide bonds. The van der Waals surface area contributed by atoms with Gasteiger partial charge in [0.2, 0.25) is 6.21 Å². The Labute approximate surface area is 349 Å². The smallest absolute Gasteiger partial charge is 0.312 e. The fourth-order valence-corrected chi connectivity index (χ4v) is 8.06. The van der Waals surface area contributed by atoms with Gasteiger partial charge in [0.25, 0.3) is 11.7 Å². The van der Waals surface area contributed by atoms with E-state index in [0.29, 0.717) is 31.0 Å². The number of hydrazone groups is 1. The molecule has 0 spiro atoms. The summed E-state index contributed by atoms with van der Waals surface area (Å²) in [6.07, 6.45) is 4.29. The van der Waals surface area contributed by atoms with Gasteiger partial charge in [0.15, 0.2) is 5.75 Å². The number of carbonyl (C=O) groups is 3. The molecule has 4 aliphatic heterocycles. The largest absolute Gasteiger partial charge is 0.596 e. The van der Waals surface area contributed by atoms with E-state index < -0.39 is 94.5 Å². The van der Waals surface area contributed by atoms with E-state index >= 15 is 0 Å². The van der Waals surface area contributed by atoms with E-state index in [-0.39, 0.29) is 38.8 Å². The van der Waals surface area contributed by atoms with E-state index in [2.05, 4.69) is 5.32 Å². The minimum atomic E-state index is -2.10. The second kappa shape index (κ2) is 18.1. The molecule has 1 saturated heterocycles. The third-order valence-electron chi connectivity index (χ3n) is 12.0. The molecule has 328 valence electrons. The van der Waals surface area contributed by atoms with Crippen LogP contribution in [0.15, 0.2) is 36.1 Å². The molecule has 5 bridgehead atoms. The van der Waals surface area contributed by atoms with Gasteiger partial charge in [-0.2, -0.15) is 5.01 Å². The third-order valence-corrected chi connectivity index (χ3v) is 12.0. The first kappa shape index (κ1) is 45.7. The molecule has 0 saturated carbocycles. The fourth-order valence-electron chi connectivity index (χ4n) is 8.06. The van der Waals surface area contributed by atoms with Crippen molar-refractivity contribution >= 4 is 40.3 Å². The van der Waals surface area contributed by atoms with Gasteiger partial charge in [-0.25, -0.2) is 0 Å². The molecule has 0 aliphatic carbocycles. The zero-order chi connectivity index (χ0) is 44.5. The van der Waals surface area contributed by atoms with Crippen LogP contribution in [0.5, 0.6) is 23.0 Å².